The van der Waals surface area contributed by atoms with E-state index in [9.17, 15) is 5.11 Å². The molecule has 1 heterocycles. The Labute approximate surface area is 103 Å². The molecule has 0 saturated carbocycles. The first-order chi connectivity index (χ1) is 8.21. The fourth-order valence-corrected chi connectivity index (χ4v) is 2.67. The molecule has 94 valence electrons. The van der Waals surface area contributed by atoms with Crippen LogP contribution >= 0.6 is 0 Å². The molecule has 2 rings (SSSR count). The Morgan fingerprint density at radius 1 is 1.41 bits per heavy atom. The van der Waals surface area contributed by atoms with Crippen LogP contribution in [-0.2, 0) is 0 Å². The van der Waals surface area contributed by atoms with E-state index in [1.54, 1.807) is 0 Å². The maximum atomic E-state index is 9.59. The number of nitrogens with zero attached hydrogens (tertiary/aromatic N) is 1. The fraction of sp³-hybridized carbons (Fsp3) is 0.571. The van der Waals surface area contributed by atoms with Crippen LogP contribution < -0.4 is 10.2 Å². The van der Waals surface area contributed by atoms with Crippen molar-refractivity contribution in [2.75, 3.05) is 31.6 Å². The predicted molar refractivity (Wildman–Crippen MR) is 71.5 cm³/mol. The predicted octanol–water partition coefficient (Wildman–Crippen LogP) is 1.55. The number of likely N-dealkylation sites (N-methyl/N-ethyl adjacent to an activating group) is 1. The molecule has 1 aliphatic rings. The van der Waals surface area contributed by atoms with E-state index in [-0.39, 0.29) is 12.1 Å². The van der Waals surface area contributed by atoms with E-state index >= 15 is 0 Å². The number of anilines is 1. The molecular formula is C14H22N2O. The van der Waals surface area contributed by atoms with Crippen molar-refractivity contribution in [1.29, 1.82) is 0 Å². The molecule has 0 radical (unpaired) electrons. The van der Waals surface area contributed by atoms with Crippen LogP contribution in [0.3, 0.4) is 0 Å². The number of aryl methyl sites for hydroxylation is 1. The Morgan fingerprint density at radius 3 is 2.82 bits per heavy atom. The highest BCUT2D eigenvalue weighted by molar-refractivity contribution is 5.53. The van der Waals surface area contributed by atoms with Gasteiger partial charge in [0.15, 0.2) is 0 Å². The topological polar surface area (TPSA) is 35.5 Å². The highest BCUT2D eigenvalue weighted by Crippen LogP contribution is 2.27. The number of rotatable bonds is 3. The van der Waals surface area contributed by atoms with Gasteiger partial charge in [-0.1, -0.05) is 18.2 Å². The molecule has 17 heavy (non-hydrogen) atoms. The van der Waals surface area contributed by atoms with Crippen molar-refractivity contribution in [2.24, 2.45) is 0 Å². The van der Waals surface area contributed by atoms with Gasteiger partial charge in [0.1, 0.15) is 0 Å². The van der Waals surface area contributed by atoms with E-state index in [1.807, 2.05) is 7.05 Å². The molecule has 1 aromatic rings. The summed E-state index contributed by atoms with van der Waals surface area (Å²) in [4.78, 5) is 2.38. The monoisotopic (exact) mass is 234 g/mol. The van der Waals surface area contributed by atoms with Gasteiger partial charge in [-0.3, -0.25) is 0 Å². The van der Waals surface area contributed by atoms with Crippen LogP contribution in [0.5, 0.6) is 0 Å². The van der Waals surface area contributed by atoms with Crippen molar-refractivity contribution in [3.05, 3.63) is 29.8 Å². The molecule has 1 fully saturated rings. The molecule has 0 amide bonds. The normalized spacial score (nSPS) is 25.0. The average Bonchev–Trinajstić information content (AvgIpc) is 2.39. The first-order valence-corrected chi connectivity index (χ1v) is 6.31. The van der Waals surface area contributed by atoms with Gasteiger partial charge >= 0.3 is 0 Å². The first kappa shape index (κ1) is 12.4. The summed E-state index contributed by atoms with van der Waals surface area (Å²) in [5.41, 5.74) is 2.46. The minimum atomic E-state index is -0.138. The third-order valence-electron chi connectivity index (χ3n) is 3.87. The van der Waals surface area contributed by atoms with Gasteiger partial charge in [-0.05, 0) is 38.4 Å². The summed E-state index contributed by atoms with van der Waals surface area (Å²) in [5.74, 6) is 0. The maximum Gasteiger partial charge on any atom is 0.0630 e. The standard InChI is InChI=1S/C14H22N2O/c1-12-6-3-4-7-13(12)16-9-5-8-14(10-16,11-17)15-2/h3-4,6-7,15,17H,5,8-11H2,1-2H3. The van der Waals surface area contributed by atoms with Gasteiger partial charge in [-0.15, -0.1) is 0 Å². The lowest BCUT2D eigenvalue weighted by atomic mass is 9.89. The van der Waals surface area contributed by atoms with Crippen LogP contribution in [-0.4, -0.2) is 37.4 Å². The lowest BCUT2D eigenvalue weighted by Gasteiger charge is -2.43. The van der Waals surface area contributed by atoms with Crippen molar-refractivity contribution in [3.63, 3.8) is 0 Å². The summed E-state index contributed by atoms with van der Waals surface area (Å²) in [6, 6.07) is 8.46. The van der Waals surface area contributed by atoms with Crippen molar-refractivity contribution >= 4 is 5.69 Å². The average molecular weight is 234 g/mol. The van der Waals surface area contributed by atoms with E-state index in [1.165, 1.54) is 11.3 Å². The van der Waals surface area contributed by atoms with E-state index in [4.69, 9.17) is 0 Å². The van der Waals surface area contributed by atoms with Gasteiger partial charge in [0, 0.05) is 18.8 Å². The van der Waals surface area contributed by atoms with Crippen molar-refractivity contribution in [3.8, 4) is 0 Å². The molecule has 0 aromatic heterocycles. The Balaban J connectivity index is 2.20. The van der Waals surface area contributed by atoms with Gasteiger partial charge in [0.05, 0.1) is 12.1 Å². The number of aliphatic hydroxyl groups excluding tert-OH is 1. The molecular weight excluding hydrogens is 212 g/mol. The smallest absolute Gasteiger partial charge is 0.0630 e. The van der Waals surface area contributed by atoms with Gasteiger partial charge in [0.2, 0.25) is 0 Å². The minimum absolute atomic E-state index is 0.138. The summed E-state index contributed by atoms with van der Waals surface area (Å²) in [6.07, 6.45) is 2.16. The third-order valence-corrected chi connectivity index (χ3v) is 3.87. The SMILES string of the molecule is CNC1(CO)CCCN(c2ccccc2C)C1. The summed E-state index contributed by atoms with van der Waals surface area (Å²) in [7, 11) is 1.94. The Morgan fingerprint density at radius 2 is 2.18 bits per heavy atom. The van der Waals surface area contributed by atoms with Crippen molar-refractivity contribution < 1.29 is 5.11 Å². The van der Waals surface area contributed by atoms with Crippen LogP contribution in [0.2, 0.25) is 0 Å². The quantitative estimate of drug-likeness (QED) is 0.833. The number of aliphatic hydroxyl groups is 1. The zero-order chi connectivity index (χ0) is 12.3. The van der Waals surface area contributed by atoms with Crippen LogP contribution in [0.4, 0.5) is 5.69 Å². The highest BCUT2D eigenvalue weighted by Gasteiger charge is 2.33. The second-order valence-electron chi connectivity index (χ2n) is 5.00. The fourth-order valence-electron chi connectivity index (χ4n) is 2.67. The van der Waals surface area contributed by atoms with Crippen LogP contribution in [0, 0.1) is 6.92 Å². The zero-order valence-corrected chi connectivity index (χ0v) is 10.7. The number of piperidine rings is 1. The molecule has 3 heteroatoms. The van der Waals surface area contributed by atoms with E-state index in [0.717, 1.165) is 25.9 Å². The summed E-state index contributed by atoms with van der Waals surface area (Å²) >= 11 is 0. The summed E-state index contributed by atoms with van der Waals surface area (Å²) in [6.45, 7) is 4.30. The molecule has 1 atom stereocenters. The lowest BCUT2D eigenvalue weighted by molar-refractivity contribution is 0.149. The van der Waals surface area contributed by atoms with Gasteiger partial charge < -0.3 is 15.3 Å². The van der Waals surface area contributed by atoms with E-state index in [0.29, 0.717) is 0 Å². The van der Waals surface area contributed by atoms with Crippen molar-refractivity contribution in [2.45, 2.75) is 25.3 Å². The molecule has 1 aliphatic heterocycles. The van der Waals surface area contributed by atoms with Gasteiger partial charge in [-0.2, -0.15) is 0 Å². The van der Waals surface area contributed by atoms with Crippen molar-refractivity contribution in [1.82, 2.24) is 5.32 Å². The minimum Gasteiger partial charge on any atom is -0.394 e. The number of para-hydroxylation sites is 1. The molecule has 0 bridgehead atoms. The van der Waals surface area contributed by atoms with Crippen LogP contribution in [0.25, 0.3) is 0 Å². The van der Waals surface area contributed by atoms with Crippen LogP contribution in [0.15, 0.2) is 24.3 Å². The lowest BCUT2D eigenvalue weighted by Crippen LogP contribution is -2.58. The highest BCUT2D eigenvalue weighted by atomic mass is 16.3. The molecule has 1 aromatic carbocycles. The van der Waals surface area contributed by atoms with Gasteiger partial charge in [-0.25, -0.2) is 0 Å². The first-order valence-electron chi connectivity index (χ1n) is 6.31. The molecule has 3 nitrogen and oxygen atoms in total. The molecule has 0 spiro atoms. The van der Waals surface area contributed by atoms with E-state index < -0.39 is 0 Å². The summed E-state index contributed by atoms with van der Waals surface area (Å²) in [5, 5.41) is 12.9. The number of nitrogens with one attached hydrogen (secondary N) is 1. The Bertz CT molecular complexity index is 374. The largest absolute Gasteiger partial charge is 0.394 e. The number of hydrogen-bond donors (Lipinski definition) is 2. The second-order valence-corrected chi connectivity index (χ2v) is 5.00. The molecule has 1 saturated heterocycles. The Hall–Kier alpha value is -1.06. The molecule has 0 aliphatic carbocycles. The summed E-state index contributed by atoms with van der Waals surface area (Å²) < 4.78 is 0. The van der Waals surface area contributed by atoms with Gasteiger partial charge in [0.25, 0.3) is 0 Å². The third kappa shape index (κ3) is 2.45. The maximum absolute atomic E-state index is 9.59. The van der Waals surface area contributed by atoms with E-state index in [2.05, 4.69) is 41.4 Å². The second kappa shape index (κ2) is 5.07. The van der Waals surface area contributed by atoms with Crippen LogP contribution in [0.1, 0.15) is 18.4 Å². The number of hydrogen-bond acceptors (Lipinski definition) is 3. The number of benzene rings is 1. The molecule has 1 unspecified atom stereocenters. The molecule has 2 N–H and O–H groups in total. The Kier molecular flexibility index (Phi) is 3.69. The zero-order valence-electron chi connectivity index (χ0n) is 10.7.